The minimum Gasteiger partial charge on any atom is -0.271 e. The molecule has 140 valence electrons. The standard InChI is InChI=1S/C17H14F2IN5O2/c1-2-10-3-4-12-13(5-10)14(6-18)23-24(16(12)27)9-15(26)25(20)17-21-7-11(19)8-22-17/h3-5,7-8H,2,6,9H2,1H3. The molecule has 0 aliphatic heterocycles. The van der Waals surface area contributed by atoms with Gasteiger partial charge in [0.25, 0.3) is 11.5 Å². The highest BCUT2D eigenvalue weighted by Gasteiger charge is 2.19. The minimum absolute atomic E-state index is 0.0332. The van der Waals surface area contributed by atoms with Gasteiger partial charge in [0.1, 0.15) is 18.9 Å². The molecule has 0 bridgehead atoms. The van der Waals surface area contributed by atoms with Gasteiger partial charge in [-0.2, -0.15) is 5.10 Å². The van der Waals surface area contributed by atoms with Gasteiger partial charge in [-0.1, -0.05) is 13.0 Å². The first-order chi connectivity index (χ1) is 12.9. The van der Waals surface area contributed by atoms with Gasteiger partial charge in [-0.15, -0.1) is 0 Å². The molecule has 7 nitrogen and oxygen atoms in total. The molecule has 0 spiro atoms. The zero-order valence-corrected chi connectivity index (χ0v) is 16.4. The Balaban J connectivity index is 1.96. The van der Waals surface area contributed by atoms with Crippen LogP contribution in [0, 0.1) is 5.82 Å². The Labute approximate surface area is 166 Å². The number of hydrogen-bond acceptors (Lipinski definition) is 5. The van der Waals surface area contributed by atoms with Gasteiger partial charge in [0.2, 0.25) is 5.95 Å². The van der Waals surface area contributed by atoms with Crippen LogP contribution in [0.1, 0.15) is 18.2 Å². The van der Waals surface area contributed by atoms with Gasteiger partial charge in [0.05, 0.1) is 40.6 Å². The first kappa shape index (κ1) is 19.3. The highest BCUT2D eigenvalue weighted by atomic mass is 127. The molecule has 0 aliphatic rings. The normalized spacial score (nSPS) is 11.0. The SMILES string of the molecule is CCc1ccc2c(=O)n(CC(=O)N(I)c3ncc(F)cn3)nc(CF)c2c1. The maximum atomic E-state index is 13.5. The summed E-state index contributed by atoms with van der Waals surface area (Å²) in [5, 5.41) is 4.74. The predicted molar refractivity (Wildman–Crippen MR) is 104 cm³/mol. The van der Waals surface area contributed by atoms with E-state index in [9.17, 15) is 18.4 Å². The molecular weight excluding hydrogens is 471 g/mol. The topological polar surface area (TPSA) is 81.0 Å². The van der Waals surface area contributed by atoms with Gasteiger partial charge in [0.15, 0.2) is 5.82 Å². The fourth-order valence-electron chi connectivity index (χ4n) is 2.54. The van der Waals surface area contributed by atoms with E-state index in [0.717, 1.165) is 32.2 Å². The van der Waals surface area contributed by atoms with Crippen molar-refractivity contribution < 1.29 is 13.6 Å². The highest BCUT2D eigenvalue weighted by Crippen LogP contribution is 2.18. The van der Waals surface area contributed by atoms with Crippen molar-refractivity contribution in [3.63, 3.8) is 0 Å². The summed E-state index contributed by atoms with van der Waals surface area (Å²) in [6.45, 7) is 0.657. The number of carbonyl (C=O) groups excluding carboxylic acids is 1. The zero-order valence-electron chi connectivity index (χ0n) is 14.2. The second-order valence-corrected chi connectivity index (χ2v) is 6.62. The van der Waals surface area contributed by atoms with E-state index >= 15 is 0 Å². The van der Waals surface area contributed by atoms with E-state index in [2.05, 4.69) is 15.1 Å². The lowest BCUT2D eigenvalue weighted by Crippen LogP contribution is -2.33. The van der Waals surface area contributed by atoms with Crippen LogP contribution in [0.2, 0.25) is 0 Å². The van der Waals surface area contributed by atoms with E-state index in [1.165, 1.54) is 0 Å². The summed E-state index contributed by atoms with van der Waals surface area (Å²) in [7, 11) is 0. The average Bonchev–Trinajstić information content (AvgIpc) is 2.69. The third kappa shape index (κ3) is 3.94. The first-order valence-electron chi connectivity index (χ1n) is 7.99. The number of amides is 1. The molecule has 1 aromatic carbocycles. The number of aromatic nitrogens is 4. The molecule has 2 aromatic heterocycles. The fraction of sp³-hybridized carbons (Fsp3) is 0.235. The van der Waals surface area contributed by atoms with Gasteiger partial charge in [-0.3, -0.25) is 9.59 Å². The number of alkyl halides is 1. The molecule has 0 atom stereocenters. The number of halogens is 3. The molecule has 0 radical (unpaired) electrons. The molecule has 0 unspecified atom stereocenters. The smallest absolute Gasteiger partial charge is 0.271 e. The van der Waals surface area contributed by atoms with Crippen molar-refractivity contribution in [3.05, 3.63) is 58.0 Å². The number of fused-ring (bicyclic) bond motifs is 1. The van der Waals surface area contributed by atoms with Crippen molar-refractivity contribution in [2.45, 2.75) is 26.6 Å². The monoisotopic (exact) mass is 485 g/mol. The van der Waals surface area contributed by atoms with E-state index in [0.29, 0.717) is 10.8 Å². The van der Waals surface area contributed by atoms with Gasteiger partial charge in [-0.25, -0.2) is 26.5 Å². The van der Waals surface area contributed by atoms with E-state index < -0.39 is 30.5 Å². The van der Waals surface area contributed by atoms with Crippen LogP contribution in [-0.2, 0) is 24.4 Å². The van der Waals surface area contributed by atoms with Crippen molar-refractivity contribution in [2.75, 3.05) is 3.11 Å². The number of hydrogen-bond donors (Lipinski definition) is 0. The van der Waals surface area contributed by atoms with Crippen LogP contribution in [-0.4, -0.2) is 25.7 Å². The molecule has 2 heterocycles. The Morgan fingerprint density at radius 3 is 2.59 bits per heavy atom. The van der Waals surface area contributed by atoms with Crippen LogP contribution in [0.15, 0.2) is 35.4 Å². The number of anilines is 1. The van der Waals surface area contributed by atoms with Crippen LogP contribution < -0.4 is 8.67 Å². The summed E-state index contributed by atoms with van der Waals surface area (Å²) in [5.74, 6) is -1.23. The van der Waals surface area contributed by atoms with Crippen molar-refractivity contribution in [3.8, 4) is 0 Å². The summed E-state index contributed by atoms with van der Waals surface area (Å²) in [6.07, 6.45) is 2.59. The van der Waals surface area contributed by atoms with Crippen LogP contribution in [0.3, 0.4) is 0 Å². The van der Waals surface area contributed by atoms with Gasteiger partial charge >= 0.3 is 0 Å². The fourth-order valence-corrected chi connectivity index (χ4v) is 2.94. The highest BCUT2D eigenvalue weighted by molar-refractivity contribution is 14.1. The molecule has 0 aliphatic carbocycles. The van der Waals surface area contributed by atoms with E-state index in [-0.39, 0.29) is 11.6 Å². The van der Waals surface area contributed by atoms with E-state index in [4.69, 9.17) is 0 Å². The number of nitrogens with zero attached hydrogens (tertiary/aromatic N) is 5. The lowest BCUT2D eigenvalue weighted by atomic mass is 10.1. The predicted octanol–water partition coefficient (Wildman–Crippen LogP) is 2.74. The summed E-state index contributed by atoms with van der Waals surface area (Å²) in [6, 6.07) is 5.14. The van der Waals surface area contributed by atoms with Crippen LogP contribution in [0.25, 0.3) is 10.8 Å². The number of benzene rings is 1. The number of carbonyl (C=O) groups is 1. The number of aryl methyl sites for hydroxylation is 1. The van der Waals surface area contributed by atoms with Crippen molar-refractivity contribution in [1.82, 2.24) is 19.7 Å². The van der Waals surface area contributed by atoms with Gasteiger partial charge in [0, 0.05) is 5.39 Å². The Bertz CT molecular complexity index is 1060. The third-order valence-electron chi connectivity index (χ3n) is 3.92. The van der Waals surface area contributed by atoms with Gasteiger partial charge in [-0.05, 0) is 24.1 Å². The lowest BCUT2D eigenvalue weighted by molar-refractivity contribution is -0.117. The Kier molecular flexibility index (Phi) is 5.73. The van der Waals surface area contributed by atoms with Crippen LogP contribution in [0.4, 0.5) is 14.7 Å². The molecule has 0 N–H and O–H groups in total. The van der Waals surface area contributed by atoms with Crippen LogP contribution >= 0.6 is 22.9 Å². The number of rotatable bonds is 5. The van der Waals surface area contributed by atoms with Crippen molar-refractivity contribution >= 4 is 45.5 Å². The molecule has 0 saturated carbocycles. The molecular formula is C17H14F2IN5O2. The Hall–Kier alpha value is -2.50. The molecule has 0 fully saturated rings. The average molecular weight is 485 g/mol. The molecule has 10 heteroatoms. The summed E-state index contributed by atoms with van der Waals surface area (Å²) >= 11 is 1.65. The quantitative estimate of drug-likeness (QED) is 0.410. The van der Waals surface area contributed by atoms with E-state index in [1.54, 1.807) is 41.1 Å². The molecule has 0 saturated heterocycles. The van der Waals surface area contributed by atoms with Crippen molar-refractivity contribution in [2.24, 2.45) is 0 Å². The van der Waals surface area contributed by atoms with Crippen molar-refractivity contribution in [1.29, 1.82) is 0 Å². The summed E-state index contributed by atoms with van der Waals surface area (Å²) in [5.41, 5.74) is 0.549. The lowest BCUT2D eigenvalue weighted by Gasteiger charge is -2.14. The molecule has 3 rings (SSSR count). The maximum Gasteiger partial charge on any atom is 0.275 e. The van der Waals surface area contributed by atoms with Crippen LogP contribution in [0.5, 0.6) is 0 Å². The first-order valence-corrected chi connectivity index (χ1v) is 8.96. The third-order valence-corrected chi connectivity index (χ3v) is 4.89. The molecule has 1 amide bonds. The summed E-state index contributed by atoms with van der Waals surface area (Å²) < 4.78 is 28.3. The maximum absolute atomic E-state index is 13.5. The largest absolute Gasteiger partial charge is 0.275 e. The Morgan fingerprint density at radius 2 is 1.96 bits per heavy atom. The summed E-state index contributed by atoms with van der Waals surface area (Å²) in [4.78, 5) is 32.5. The molecule has 27 heavy (non-hydrogen) atoms. The second-order valence-electron chi connectivity index (χ2n) is 5.65. The molecule has 3 aromatic rings. The van der Waals surface area contributed by atoms with E-state index in [1.807, 2.05) is 6.92 Å². The Morgan fingerprint density at radius 1 is 1.26 bits per heavy atom. The minimum atomic E-state index is -0.868. The van der Waals surface area contributed by atoms with Gasteiger partial charge < -0.3 is 0 Å². The zero-order chi connectivity index (χ0) is 19.6. The second kappa shape index (κ2) is 8.03.